The van der Waals surface area contributed by atoms with Crippen molar-refractivity contribution in [2.24, 2.45) is 0 Å². The highest BCUT2D eigenvalue weighted by molar-refractivity contribution is 5.97. The summed E-state index contributed by atoms with van der Waals surface area (Å²) in [5.74, 6) is 0. The number of aromatic nitrogens is 1. The van der Waals surface area contributed by atoms with Crippen LogP contribution in [0.15, 0.2) is 37.4 Å². The van der Waals surface area contributed by atoms with Gasteiger partial charge in [0.15, 0.2) is 0 Å². The van der Waals surface area contributed by atoms with E-state index >= 15 is 0 Å². The third-order valence-corrected chi connectivity index (χ3v) is 2.56. The molecule has 2 rings (SSSR count). The Kier molecular flexibility index (Phi) is 3.21. The van der Waals surface area contributed by atoms with E-state index < -0.39 is 0 Å². The molecule has 17 heavy (non-hydrogen) atoms. The van der Waals surface area contributed by atoms with Gasteiger partial charge in [0.05, 0.1) is 24.0 Å². The molecule has 3 heteroatoms. The summed E-state index contributed by atoms with van der Waals surface area (Å²) in [5.41, 5.74) is 6.32. The first-order valence-electron chi connectivity index (χ1n) is 5.28. The lowest BCUT2D eigenvalue weighted by Gasteiger charge is -2.13. The summed E-state index contributed by atoms with van der Waals surface area (Å²) >= 11 is 0. The lowest BCUT2D eigenvalue weighted by atomic mass is 10.1. The fraction of sp³-hybridized carbons (Fsp3) is 0.0714. The van der Waals surface area contributed by atoms with Gasteiger partial charge in [0.1, 0.15) is 0 Å². The summed E-state index contributed by atoms with van der Waals surface area (Å²) in [6.07, 6.45) is 3.46. The molecule has 0 spiro atoms. The number of anilines is 1. The highest BCUT2D eigenvalue weighted by Gasteiger charge is 2.10. The molecule has 0 saturated carbocycles. The number of hydrogen-bond acceptors (Lipinski definition) is 3. The Bertz CT molecular complexity index is 576. The van der Waals surface area contributed by atoms with Crippen LogP contribution < -0.4 is 5.48 Å². The average Bonchev–Trinajstić information content (AvgIpc) is 2.38. The van der Waals surface area contributed by atoms with Gasteiger partial charge in [0, 0.05) is 10.9 Å². The van der Waals surface area contributed by atoms with Crippen LogP contribution in [0.25, 0.3) is 23.1 Å². The van der Waals surface area contributed by atoms with E-state index in [-0.39, 0.29) is 0 Å². The van der Waals surface area contributed by atoms with Crippen LogP contribution in [0.3, 0.4) is 0 Å². The molecule has 0 aliphatic rings. The van der Waals surface area contributed by atoms with Gasteiger partial charge in [-0.25, -0.2) is 4.98 Å². The predicted octanol–water partition coefficient (Wildman–Crippen LogP) is 3.49. The van der Waals surface area contributed by atoms with Crippen LogP contribution in [0.2, 0.25) is 0 Å². The number of nitrogens with one attached hydrogen (secondary N) is 1. The van der Waals surface area contributed by atoms with E-state index in [0.717, 1.165) is 27.8 Å². The second-order valence-corrected chi connectivity index (χ2v) is 3.52. The summed E-state index contributed by atoms with van der Waals surface area (Å²) < 4.78 is 0. The molecule has 0 unspecified atom stereocenters. The summed E-state index contributed by atoms with van der Waals surface area (Å²) in [6.45, 7) is 7.57. The molecule has 2 aromatic rings. The molecular formula is C14H14N2O. The van der Waals surface area contributed by atoms with E-state index in [1.54, 1.807) is 19.3 Å². The second kappa shape index (κ2) is 4.80. The number of fused-ring (bicyclic) bond motifs is 1. The van der Waals surface area contributed by atoms with Gasteiger partial charge in [-0.05, 0) is 12.1 Å². The number of pyridine rings is 1. The first kappa shape index (κ1) is 11.4. The third kappa shape index (κ3) is 1.92. The number of benzene rings is 1. The molecule has 86 valence electrons. The van der Waals surface area contributed by atoms with Crippen molar-refractivity contribution in [3.63, 3.8) is 0 Å². The number of rotatable bonds is 4. The highest BCUT2D eigenvalue weighted by Crippen LogP contribution is 2.29. The monoisotopic (exact) mass is 226 g/mol. The average molecular weight is 226 g/mol. The quantitative estimate of drug-likeness (QED) is 0.810. The van der Waals surface area contributed by atoms with Crippen molar-refractivity contribution in [1.29, 1.82) is 0 Å². The zero-order valence-corrected chi connectivity index (χ0v) is 9.73. The third-order valence-electron chi connectivity index (χ3n) is 2.56. The van der Waals surface area contributed by atoms with E-state index in [2.05, 4.69) is 23.6 Å². The molecule has 1 aromatic heterocycles. The standard InChI is InChI=1S/C14H14N2O/c1-4-10-12(5-2)15-13-9-7-6-8-11(13)14(10)16-17-3/h4-9H,1-2H2,3H3,(H,15,16). The Morgan fingerprint density at radius 2 is 2.00 bits per heavy atom. The molecule has 0 amide bonds. The maximum atomic E-state index is 5.02. The zero-order chi connectivity index (χ0) is 12.3. The van der Waals surface area contributed by atoms with Gasteiger partial charge >= 0.3 is 0 Å². The summed E-state index contributed by atoms with van der Waals surface area (Å²) in [4.78, 5) is 9.54. The Hall–Kier alpha value is -2.13. The molecule has 1 N–H and O–H groups in total. The Balaban J connectivity index is 2.85. The van der Waals surface area contributed by atoms with Gasteiger partial charge in [-0.1, -0.05) is 37.4 Å². The first-order valence-corrected chi connectivity index (χ1v) is 5.28. The maximum absolute atomic E-state index is 5.02. The molecule has 0 atom stereocenters. The second-order valence-electron chi connectivity index (χ2n) is 3.52. The van der Waals surface area contributed by atoms with E-state index in [9.17, 15) is 0 Å². The normalized spacial score (nSPS) is 10.2. The van der Waals surface area contributed by atoms with Crippen molar-refractivity contribution in [3.8, 4) is 0 Å². The van der Waals surface area contributed by atoms with E-state index in [4.69, 9.17) is 4.84 Å². The Labute approximate surface area is 100 Å². The van der Waals surface area contributed by atoms with Gasteiger partial charge in [0.2, 0.25) is 0 Å². The van der Waals surface area contributed by atoms with Crippen molar-refractivity contribution >= 4 is 28.7 Å². The minimum Gasteiger partial charge on any atom is -0.279 e. The minimum atomic E-state index is 0.790. The largest absolute Gasteiger partial charge is 0.279 e. The van der Waals surface area contributed by atoms with Gasteiger partial charge in [-0.2, -0.15) is 0 Å². The molecule has 0 aliphatic carbocycles. The van der Waals surface area contributed by atoms with Crippen LogP contribution in [-0.2, 0) is 4.84 Å². The Morgan fingerprint density at radius 3 is 2.65 bits per heavy atom. The molecule has 0 saturated heterocycles. The van der Waals surface area contributed by atoms with Gasteiger partial charge in [-0.15, -0.1) is 0 Å². The van der Waals surface area contributed by atoms with Crippen LogP contribution in [-0.4, -0.2) is 12.1 Å². The Morgan fingerprint density at radius 1 is 1.24 bits per heavy atom. The zero-order valence-electron chi connectivity index (χ0n) is 9.73. The van der Waals surface area contributed by atoms with Gasteiger partial charge in [-0.3, -0.25) is 10.3 Å². The lowest BCUT2D eigenvalue weighted by molar-refractivity contribution is 0.271. The van der Waals surface area contributed by atoms with Crippen molar-refractivity contribution in [2.75, 3.05) is 12.6 Å². The summed E-state index contributed by atoms with van der Waals surface area (Å²) in [7, 11) is 1.58. The van der Waals surface area contributed by atoms with Gasteiger partial charge < -0.3 is 0 Å². The topological polar surface area (TPSA) is 34.2 Å². The van der Waals surface area contributed by atoms with Gasteiger partial charge in [0.25, 0.3) is 0 Å². The highest BCUT2D eigenvalue weighted by atomic mass is 16.6. The van der Waals surface area contributed by atoms with E-state index in [0.29, 0.717) is 0 Å². The minimum absolute atomic E-state index is 0.790. The molecule has 0 aliphatic heterocycles. The summed E-state index contributed by atoms with van der Waals surface area (Å²) in [5, 5.41) is 0.995. The van der Waals surface area contributed by atoms with Crippen molar-refractivity contribution < 1.29 is 4.84 Å². The van der Waals surface area contributed by atoms with Crippen LogP contribution in [0.4, 0.5) is 5.69 Å². The molecule has 0 radical (unpaired) electrons. The molecule has 0 fully saturated rings. The number of hydrogen-bond donors (Lipinski definition) is 1. The fourth-order valence-corrected chi connectivity index (χ4v) is 1.82. The molecule has 1 aromatic carbocycles. The van der Waals surface area contributed by atoms with Crippen LogP contribution >= 0.6 is 0 Å². The number of para-hydroxylation sites is 1. The van der Waals surface area contributed by atoms with Crippen LogP contribution in [0.1, 0.15) is 11.3 Å². The van der Waals surface area contributed by atoms with E-state index in [1.807, 2.05) is 24.3 Å². The lowest BCUT2D eigenvalue weighted by Crippen LogP contribution is -2.02. The summed E-state index contributed by atoms with van der Waals surface area (Å²) in [6, 6.07) is 7.86. The molecular weight excluding hydrogens is 212 g/mol. The molecule has 3 nitrogen and oxygen atoms in total. The van der Waals surface area contributed by atoms with Crippen molar-refractivity contribution in [3.05, 3.63) is 48.7 Å². The van der Waals surface area contributed by atoms with Crippen molar-refractivity contribution in [2.45, 2.75) is 0 Å². The van der Waals surface area contributed by atoms with E-state index in [1.165, 1.54) is 0 Å². The first-order chi connectivity index (χ1) is 8.31. The fourth-order valence-electron chi connectivity index (χ4n) is 1.82. The van der Waals surface area contributed by atoms with Crippen molar-refractivity contribution in [1.82, 2.24) is 4.98 Å². The van der Waals surface area contributed by atoms with Crippen LogP contribution in [0, 0.1) is 0 Å². The number of nitrogens with zero attached hydrogens (tertiary/aromatic N) is 1. The molecule has 0 bridgehead atoms. The SMILES string of the molecule is C=Cc1nc2ccccc2c(NOC)c1C=C. The predicted molar refractivity (Wildman–Crippen MR) is 72.6 cm³/mol. The maximum Gasteiger partial charge on any atom is 0.0792 e. The van der Waals surface area contributed by atoms with Crippen LogP contribution in [0.5, 0.6) is 0 Å². The smallest absolute Gasteiger partial charge is 0.0792 e. The molecule has 1 heterocycles.